The number of fused-ring (bicyclic) bond motifs is 1. The van der Waals surface area contributed by atoms with E-state index in [-0.39, 0.29) is 12.0 Å². The Morgan fingerprint density at radius 1 is 1.20 bits per heavy atom. The van der Waals surface area contributed by atoms with E-state index in [1.165, 1.54) is 0 Å². The highest BCUT2D eigenvalue weighted by molar-refractivity contribution is 5.94. The summed E-state index contributed by atoms with van der Waals surface area (Å²) >= 11 is 0. The van der Waals surface area contributed by atoms with Crippen molar-refractivity contribution in [2.24, 2.45) is 0 Å². The number of anilines is 1. The molecular formula is C18H21N3O4. The molecule has 2 aromatic rings. The van der Waals surface area contributed by atoms with Gasteiger partial charge in [-0.2, -0.15) is 5.10 Å². The van der Waals surface area contributed by atoms with Crippen LogP contribution in [0, 0.1) is 0 Å². The van der Waals surface area contributed by atoms with Crippen molar-refractivity contribution < 1.29 is 19.0 Å². The maximum absolute atomic E-state index is 12.6. The lowest BCUT2D eigenvalue weighted by molar-refractivity contribution is -0.128. The fourth-order valence-corrected chi connectivity index (χ4v) is 3.17. The number of amides is 1. The molecule has 1 saturated heterocycles. The van der Waals surface area contributed by atoms with Crippen molar-refractivity contribution in [3.05, 3.63) is 36.7 Å². The van der Waals surface area contributed by atoms with Crippen molar-refractivity contribution in [3.63, 3.8) is 0 Å². The van der Waals surface area contributed by atoms with Gasteiger partial charge in [0, 0.05) is 19.4 Å². The third kappa shape index (κ3) is 3.32. The van der Waals surface area contributed by atoms with E-state index in [0.717, 1.165) is 26.1 Å². The average molecular weight is 343 g/mol. The van der Waals surface area contributed by atoms with Crippen molar-refractivity contribution >= 4 is 11.6 Å². The molecular weight excluding hydrogens is 322 g/mol. The van der Waals surface area contributed by atoms with Crippen molar-refractivity contribution in [1.82, 2.24) is 9.78 Å². The Bertz CT molecular complexity index is 754. The number of hydrogen-bond acceptors (Lipinski definition) is 5. The molecule has 0 radical (unpaired) electrons. The van der Waals surface area contributed by atoms with E-state index in [4.69, 9.17) is 14.2 Å². The molecule has 2 atom stereocenters. The van der Waals surface area contributed by atoms with Crippen LogP contribution >= 0.6 is 0 Å². The zero-order valence-electron chi connectivity index (χ0n) is 14.1. The average Bonchev–Trinajstić information content (AvgIpc) is 3.10. The molecule has 2 aliphatic rings. The highest BCUT2D eigenvalue weighted by atomic mass is 16.6. The van der Waals surface area contributed by atoms with Crippen LogP contribution in [0.15, 0.2) is 36.7 Å². The summed E-state index contributed by atoms with van der Waals surface area (Å²) in [5, 5.41) is 7.24. The molecule has 1 N–H and O–H groups in total. The van der Waals surface area contributed by atoms with Crippen molar-refractivity contribution in [3.8, 4) is 11.5 Å². The molecule has 0 spiro atoms. The summed E-state index contributed by atoms with van der Waals surface area (Å²) in [5.41, 5.74) is 0.658. The smallest absolute Gasteiger partial charge is 0.269 e. The molecule has 1 fully saturated rings. The second-order valence-electron chi connectivity index (χ2n) is 6.35. The first-order valence-electron chi connectivity index (χ1n) is 8.56. The predicted octanol–water partition coefficient (Wildman–Crippen LogP) is 2.40. The molecule has 132 valence electrons. The van der Waals surface area contributed by atoms with Gasteiger partial charge < -0.3 is 19.5 Å². The van der Waals surface area contributed by atoms with Crippen LogP contribution in [0.4, 0.5) is 5.69 Å². The molecule has 4 rings (SSSR count). The molecule has 2 aliphatic heterocycles. The number of ether oxygens (including phenoxy) is 3. The van der Waals surface area contributed by atoms with Crippen LogP contribution in [0.5, 0.6) is 11.5 Å². The monoisotopic (exact) mass is 343 g/mol. The van der Waals surface area contributed by atoms with Crippen molar-refractivity contribution in [2.45, 2.75) is 38.0 Å². The van der Waals surface area contributed by atoms with Gasteiger partial charge in [0.25, 0.3) is 5.91 Å². The Balaban J connectivity index is 1.43. The van der Waals surface area contributed by atoms with Gasteiger partial charge in [-0.1, -0.05) is 12.1 Å². The first kappa shape index (κ1) is 16.0. The molecule has 0 saturated carbocycles. The largest absolute Gasteiger partial charge is 0.482 e. The highest BCUT2D eigenvalue weighted by Crippen LogP contribution is 2.33. The summed E-state index contributed by atoms with van der Waals surface area (Å²) in [6, 6.07) is 7.67. The molecule has 7 nitrogen and oxygen atoms in total. The number of para-hydroxylation sites is 2. The van der Waals surface area contributed by atoms with E-state index in [1.54, 1.807) is 12.3 Å². The van der Waals surface area contributed by atoms with Gasteiger partial charge in [-0.3, -0.25) is 9.48 Å². The second-order valence-corrected chi connectivity index (χ2v) is 6.35. The lowest BCUT2D eigenvalue weighted by atomic mass is 10.1. The van der Waals surface area contributed by atoms with Crippen LogP contribution < -0.4 is 14.8 Å². The van der Waals surface area contributed by atoms with E-state index in [9.17, 15) is 4.79 Å². The first-order chi connectivity index (χ1) is 12.2. The minimum absolute atomic E-state index is 0.242. The van der Waals surface area contributed by atoms with Gasteiger partial charge in [-0.05, 0) is 31.9 Å². The fraction of sp³-hybridized carbons (Fsp3) is 0.444. The van der Waals surface area contributed by atoms with Crippen LogP contribution in [-0.4, -0.2) is 41.1 Å². The summed E-state index contributed by atoms with van der Waals surface area (Å²) in [7, 11) is 0. The Morgan fingerprint density at radius 3 is 2.68 bits per heavy atom. The Kier molecular flexibility index (Phi) is 4.31. The zero-order valence-corrected chi connectivity index (χ0v) is 14.1. The number of aromatic nitrogens is 2. The van der Waals surface area contributed by atoms with Gasteiger partial charge in [-0.15, -0.1) is 0 Å². The second kappa shape index (κ2) is 6.76. The molecule has 2 unspecified atom stereocenters. The lowest BCUT2D eigenvalue weighted by Crippen LogP contribution is -2.46. The zero-order chi connectivity index (χ0) is 17.2. The molecule has 25 heavy (non-hydrogen) atoms. The third-order valence-corrected chi connectivity index (χ3v) is 4.53. The van der Waals surface area contributed by atoms with E-state index in [2.05, 4.69) is 10.4 Å². The van der Waals surface area contributed by atoms with Crippen LogP contribution in [-0.2, 0) is 9.53 Å². The summed E-state index contributed by atoms with van der Waals surface area (Å²) in [4.78, 5) is 12.6. The molecule has 0 aliphatic carbocycles. The molecule has 3 heterocycles. The number of carbonyl (C=O) groups is 1. The maximum Gasteiger partial charge on any atom is 0.269 e. The Labute approximate surface area is 145 Å². The predicted molar refractivity (Wildman–Crippen MR) is 90.9 cm³/mol. The standard InChI is InChI=1S/C18H21N3O4/c1-12-17(25-16-5-3-2-4-15(16)24-12)18(22)20-13-10-19-21(11-13)14-6-8-23-9-7-14/h2-5,10-12,14,17H,6-9H2,1H3,(H,20,22). The lowest BCUT2D eigenvalue weighted by Gasteiger charge is -2.30. The number of carbonyl (C=O) groups excluding carboxylic acids is 1. The Hall–Kier alpha value is -2.54. The van der Waals surface area contributed by atoms with Gasteiger partial charge in [0.15, 0.2) is 11.5 Å². The number of hydrogen-bond donors (Lipinski definition) is 1. The minimum Gasteiger partial charge on any atom is -0.482 e. The first-order valence-corrected chi connectivity index (χ1v) is 8.56. The van der Waals surface area contributed by atoms with E-state index in [0.29, 0.717) is 23.2 Å². The summed E-state index contributed by atoms with van der Waals surface area (Å²) in [6.45, 7) is 3.32. The molecule has 7 heteroatoms. The Morgan fingerprint density at radius 2 is 1.92 bits per heavy atom. The third-order valence-electron chi connectivity index (χ3n) is 4.53. The van der Waals surface area contributed by atoms with Gasteiger partial charge in [-0.25, -0.2) is 0 Å². The van der Waals surface area contributed by atoms with E-state index >= 15 is 0 Å². The van der Waals surface area contributed by atoms with Crippen molar-refractivity contribution in [2.75, 3.05) is 18.5 Å². The maximum atomic E-state index is 12.6. The van der Waals surface area contributed by atoms with Crippen LogP contribution in [0.1, 0.15) is 25.8 Å². The number of benzene rings is 1. The number of rotatable bonds is 3. The van der Waals surface area contributed by atoms with Gasteiger partial charge in [0.2, 0.25) is 6.10 Å². The van der Waals surface area contributed by atoms with E-state index < -0.39 is 6.10 Å². The summed E-state index contributed by atoms with van der Waals surface area (Å²) < 4.78 is 18.9. The molecule has 1 aromatic carbocycles. The molecule has 1 aromatic heterocycles. The van der Waals surface area contributed by atoms with Crippen LogP contribution in [0.3, 0.4) is 0 Å². The van der Waals surface area contributed by atoms with Crippen molar-refractivity contribution in [1.29, 1.82) is 0 Å². The summed E-state index contributed by atoms with van der Waals surface area (Å²) in [5.74, 6) is 0.999. The molecule has 0 bridgehead atoms. The van der Waals surface area contributed by atoms with Crippen LogP contribution in [0.25, 0.3) is 0 Å². The molecule has 1 amide bonds. The summed E-state index contributed by atoms with van der Waals surface area (Å²) in [6.07, 6.45) is 4.30. The quantitative estimate of drug-likeness (QED) is 0.926. The number of nitrogens with one attached hydrogen (secondary N) is 1. The van der Waals surface area contributed by atoms with E-state index in [1.807, 2.05) is 36.0 Å². The van der Waals surface area contributed by atoms with Gasteiger partial charge in [0.1, 0.15) is 6.10 Å². The fourth-order valence-electron chi connectivity index (χ4n) is 3.17. The van der Waals surface area contributed by atoms with Crippen LogP contribution in [0.2, 0.25) is 0 Å². The van der Waals surface area contributed by atoms with Gasteiger partial charge >= 0.3 is 0 Å². The normalized spacial score (nSPS) is 23.2. The highest BCUT2D eigenvalue weighted by Gasteiger charge is 2.34. The SMILES string of the molecule is CC1Oc2ccccc2OC1C(=O)Nc1cnn(C2CCOCC2)c1. The number of nitrogens with zero attached hydrogens (tertiary/aromatic N) is 2. The minimum atomic E-state index is -0.707. The van der Waals surface area contributed by atoms with Gasteiger partial charge in [0.05, 0.1) is 17.9 Å². The topological polar surface area (TPSA) is 74.6 Å².